The summed E-state index contributed by atoms with van der Waals surface area (Å²) in [5.74, 6) is -0.375. The van der Waals surface area contributed by atoms with Gasteiger partial charge in [-0.2, -0.15) is 5.26 Å². The Labute approximate surface area is 176 Å². The Morgan fingerprint density at radius 3 is 2.83 bits per heavy atom. The number of nitriles is 1. The van der Waals surface area contributed by atoms with E-state index in [1.165, 1.54) is 11.3 Å². The van der Waals surface area contributed by atoms with Gasteiger partial charge in [-0.3, -0.25) is 4.79 Å². The van der Waals surface area contributed by atoms with Crippen LogP contribution in [0.3, 0.4) is 0 Å². The van der Waals surface area contributed by atoms with Crippen LogP contribution in [0.15, 0.2) is 54.0 Å². The highest BCUT2D eigenvalue weighted by molar-refractivity contribution is 7.10. The number of rotatable bonds is 6. The van der Waals surface area contributed by atoms with E-state index < -0.39 is 5.92 Å². The second-order valence-corrected chi connectivity index (χ2v) is 7.83. The number of halogens is 1. The van der Waals surface area contributed by atoms with Gasteiger partial charge in [0.1, 0.15) is 10.8 Å². The first-order chi connectivity index (χ1) is 14.1. The third-order valence-electron chi connectivity index (χ3n) is 4.70. The predicted octanol–water partition coefficient (Wildman–Crippen LogP) is 5.37. The minimum Gasteiger partial charge on any atom is -0.497 e. The van der Waals surface area contributed by atoms with Gasteiger partial charge in [-0.05, 0) is 35.9 Å². The maximum atomic E-state index is 12.9. The monoisotopic (exact) mass is 421 g/mol. The molecule has 7 heteroatoms. The van der Waals surface area contributed by atoms with Crippen LogP contribution in [-0.4, -0.2) is 22.9 Å². The number of hydrogen-bond acceptors (Lipinski definition) is 5. The number of aromatic amines is 1. The van der Waals surface area contributed by atoms with Crippen molar-refractivity contribution in [1.82, 2.24) is 9.97 Å². The van der Waals surface area contributed by atoms with Crippen molar-refractivity contribution in [3.63, 3.8) is 0 Å². The van der Waals surface area contributed by atoms with E-state index in [9.17, 15) is 10.1 Å². The Hall–Kier alpha value is -3.14. The van der Waals surface area contributed by atoms with Crippen molar-refractivity contribution in [2.75, 3.05) is 7.11 Å². The minimum atomic E-state index is -0.906. The molecular weight excluding hydrogens is 406 g/mol. The lowest BCUT2D eigenvalue weighted by Crippen LogP contribution is -2.13. The third kappa shape index (κ3) is 3.88. The molecule has 0 saturated carbocycles. The van der Waals surface area contributed by atoms with E-state index in [0.717, 1.165) is 33.5 Å². The van der Waals surface area contributed by atoms with Crippen LogP contribution in [0.2, 0.25) is 5.02 Å². The molecule has 4 aromatic rings. The van der Waals surface area contributed by atoms with Crippen molar-refractivity contribution < 1.29 is 9.53 Å². The fraction of sp³-hybridized carbons (Fsp3) is 0.136. The molecule has 0 aliphatic rings. The average Bonchev–Trinajstić information content (AvgIpc) is 3.37. The number of thiazole rings is 1. The van der Waals surface area contributed by atoms with E-state index in [0.29, 0.717) is 10.0 Å². The maximum Gasteiger partial charge on any atom is 0.161 e. The number of carbonyl (C=O) groups is 1. The summed E-state index contributed by atoms with van der Waals surface area (Å²) in [4.78, 5) is 20.6. The van der Waals surface area contributed by atoms with Crippen molar-refractivity contribution in [3.05, 3.63) is 69.6 Å². The van der Waals surface area contributed by atoms with Gasteiger partial charge >= 0.3 is 0 Å². The van der Waals surface area contributed by atoms with Crippen molar-refractivity contribution in [2.45, 2.75) is 12.3 Å². The minimum absolute atomic E-state index is 0.140. The third-order valence-corrected chi connectivity index (χ3v) is 5.86. The molecule has 0 aliphatic heterocycles. The van der Waals surface area contributed by atoms with E-state index in [4.69, 9.17) is 16.3 Å². The van der Waals surface area contributed by atoms with Gasteiger partial charge in [0.15, 0.2) is 11.7 Å². The Kier molecular flexibility index (Phi) is 5.34. The van der Waals surface area contributed by atoms with Gasteiger partial charge in [-0.25, -0.2) is 4.98 Å². The molecule has 2 aromatic carbocycles. The van der Waals surface area contributed by atoms with Crippen LogP contribution >= 0.6 is 22.9 Å². The van der Waals surface area contributed by atoms with Crippen molar-refractivity contribution in [2.24, 2.45) is 0 Å². The number of nitrogens with one attached hydrogen (secondary N) is 1. The lowest BCUT2D eigenvalue weighted by molar-refractivity contribution is -0.118. The molecule has 0 bridgehead atoms. The number of benzene rings is 2. The Morgan fingerprint density at radius 1 is 1.31 bits per heavy atom. The summed E-state index contributed by atoms with van der Waals surface area (Å²) in [5, 5.41) is 13.6. The number of ketones is 1. The second kappa shape index (κ2) is 8.08. The fourth-order valence-electron chi connectivity index (χ4n) is 3.16. The highest BCUT2D eigenvalue weighted by atomic mass is 35.5. The van der Waals surface area contributed by atoms with Crippen LogP contribution in [0.5, 0.6) is 5.75 Å². The lowest BCUT2D eigenvalue weighted by atomic mass is 9.99. The molecule has 2 heterocycles. The van der Waals surface area contributed by atoms with E-state index in [-0.39, 0.29) is 12.2 Å². The summed E-state index contributed by atoms with van der Waals surface area (Å²) >= 11 is 7.25. The number of H-pyrrole nitrogens is 1. The van der Waals surface area contributed by atoms with Gasteiger partial charge in [0, 0.05) is 39.5 Å². The first-order valence-corrected chi connectivity index (χ1v) is 10.1. The predicted molar refractivity (Wildman–Crippen MR) is 114 cm³/mol. The molecule has 0 radical (unpaired) electrons. The van der Waals surface area contributed by atoms with Gasteiger partial charge in [0.2, 0.25) is 0 Å². The number of fused-ring (bicyclic) bond motifs is 1. The lowest BCUT2D eigenvalue weighted by Gasteiger charge is -2.05. The SMILES string of the molecule is COc1ccc2[nH]cc(CC(=O)C(C#N)c3nc(-c4ccc(Cl)cc4)cs3)c2c1. The molecule has 0 aliphatic carbocycles. The molecule has 5 nitrogen and oxygen atoms in total. The molecule has 1 unspecified atom stereocenters. The van der Waals surface area contributed by atoms with Crippen molar-refractivity contribution in [3.8, 4) is 23.1 Å². The van der Waals surface area contributed by atoms with Gasteiger partial charge < -0.3 is 9.72 Å². The molecule has 0 saturated heterocycles. The zero-order chi connectivity index (χ0) is 20.4. The quantitative estimate of drug-likeness (QED) is 0.453. The summed E-state index contributed by atoms with van der Waals surface area (Å²) < 4.78 is 5.27. The molecule has 0 amide bonds. The molecule has 29 heavy (non-hydrogen) atoms. The number of methoxy groups -OCH3 is 1. The molecule has 1 N–H and O–H groups in total. The highest BCUT2D eigenvalue weighted by Gasteiger charge is 2.25. The summed E-state index contributed by atoms with van der Waals surface area (Å²) in [6, 6.07) is 15.1. The van der Waals surface area contributed by atoms with Crippen LogP contribution < -0.4 is 4.74 Å². The van der Waals surface area contributed by atoms with E-state index >= 15 is 0 Å². The first-order valence-electron chi connectivity index (χ1n) is 8.86. The average molecular weight is 422 g/mol. The fourth-order valence-corrected chi connectivity index (χ4v) is 4.18. The van der Waals surface area contributed by atoms with Crippen LogP contribution in [0.25, 0.3) is 22.2 Å². The summed E-state index contributed by atoms with van der Waals surface area (Å²) in [6.45, 7) is 0. The zero-order valence-electron chi connectivity index (χ0n) is 15.5. The number of carbonyl (C=O) groups excluding carboxylic acids is 1. The summed E-state index contributed by atoms with van der Waals surface area (Å²) in [6.07, 6.45) is 1.94. The van der Waals surface area contributed by atoms with Gasteiger partial charge in [0.25, 0.3) is 0 Å². The zero-order valence-corrected chi connectivity index (χ0v) is 17.1. The number of nitrogens with zero attached hydrogens (tertiary/aromatic N) is 2. The van der Waals surface area contributed by atoms with Crippen LogP contribution in [0.1, 0.15) is 16.5 Å². The number of ether oxygens (including phenoxy) is 1. The molecule has 4 rings (SSSR count). The molecule has 144 valence electrons. The molecule has 0 fully saturated rings. The Bertz CT molecular complexity index is 1220. The smallest absolute Gasteiger partial charge is 0.161 e. The molecule has 2 aromatic heterocycles. The topological polar surface area (TPSA) is 78.8 Å². The van der Waals surface area contributed by atoms with Gasteiger partial charge in [0.05, 0.1) is 18.9 Å². The Morgan fingerprint density at radius 2 is 2.10 bits per heavy atom. The number of aromatic nitrogens is 2. The number of Topliss-reactive ketones (excluding diaryl/α,β-unsaturated/α-hetero) is 1. The van der Waals surface area contributed by atoms with E-state index in [1.807, 2.05) is 35.7 Å². The normalized spacial score (nSPS) is 11.9. The Balaban J connectivity index is 1.58. The molecular formula is C22H16ClN3O2S. The molecule has 1 atom stereocenters. The number of hydrogen-bond donors (Lipinski definition) is 1. The van der Waals surface area contributed by atoms with Crippen LogP contribution in [0.4, 0.5) is 0 Å². The summed E-state index contributed by atoms with van der Waals surface area (Å²) in [7, 11) is 1.60. The van der Waals surface area contributed by atoms with Crippen molar-refractivity contribution >= 4 is 39.6 Å². The largest absolute Gasteiger partial charge is 0.497 e. The second-order valence-electron chi connectivity index (χ2n) is 6.51. The summed E-state index contributed by atoms with van der Waals surface area (Å²) in [5.41, 5.74) is 3.37. The van der Waals surface area contributed by atoms with Gasteiger partial charge in [-0.1, -0.05) is 23.7 Å². The first kappa shape index (κ1) is 19.2. The highest BCUT2D eigenvalue weighted by Crippen LogP contribution is 2.30. The van der Waals surface area contributed by atoms with Crippen LogP contribution in [-0.2, 0) is 11.2 Å². The molecule has 0 spiro atoms. The van der Waals surface area contributed by atoms with Crippen LogP contribution in [0, 0.1) is 11.3 Å². The standard InChI is InChI=1S/C22H16ClN3O2S/c1-28-16-6-7-19-17(9-16)14(11-25-19)8-21(27)18(10-24)22-26-20(12-29-22)13-2-4-15(23)5-3-13/h2-7,9,11-12,18,25H,8H2,1H3. The van der Waals surface area contributed by atoms with E-state index in [1.54, 1.807) is 25.4 Å². The van der Waals surface area contributed by atoms with Gasteiger partial charge in [-0.15, -0.1) is 11.3 Å². The van der Waals surface area contributed by atoms with E-state index in [2.05, 4.69) is 16.0 Å². The maximum absolute atomic E-state index is 12.9. The van der Waals surface area contributed by atoms with Crippen molar-refractivity contribution in [1.29, 1.82) is 5.26 Å².